The van der Waals surface area contributed by atoms with Gasteiger partial charge in [-0.05, 0) is 83.1 Å². The van der Waals surface area contributed by atoms with Gasteiger partial charge in [0.2, 0.25) is 5.96 Å². The highest BCUT2D eigenvalue weighted by Gasteiger charge is 2.31. The molecule has 0 spiro atoms. The Hall–Kier alpha value is -3.89. The van der Waals surface area contributed by atoms with Crippen LogP contribution in [0.5, 0.6) is 0 Å². The summed E-state index contributed by atoms with van der Waals surface area (Å²) >= 11 is 0. The molecule has 0 aliphatic rings. The maximum absolute atomic E-state index is 13.9. The molecule has 4 amide bonds. The molecule has 0 atom stereocenters. The zero-order valence-electron chi connectivity index (χ0n) is 37.7. The molecule has 0 rings (SSSR count). The van der Waals surface area contributed by atoms with E-state index in [1.54, 1.807) is 102 Å². The summed E-state index contributed by atoms with van der Waals surface area (Å²) in [4.78, 5) is 62.0. The molecule has 0 heterocycles. The standard InChI is InChI=1S/C40H73N5O13/c1-16-22-50-28-30-54-31-29-53-27-21-45(36(49)58-40(11,12)13)32(41-33(46)55-37(2,3)4)44(19-25-51-23-17-42(14)34(47)56-38(5,6)7)20-26-52-24-18-43(15)35(48)57-39(8,9)10/h1H,17-31H2,2-15H3/b41-32+. The summed E-state index contributed by atoms with van der Waals surface area (Å²) in [5.41, 5.74) is -3.10. The van der Waals surface area contributed by atoms with Crippen LogP contribution in [0.3, 0.4) is 0 Å². The number of ether oxygens (including phenoxy) is 9. The van der Waals surface area contributed by atoms with Gasteiger partial charge in [-0.25, -0.2) is 24.1 Å². The third-order valence-electron chi connectivity index (χ3n) is 6.68. The van der Waals surface area contributed by atoms with E-state index in [0.29, 0.717) is 13.2 Å². The minimum Gasteiger partial charge on any atom is -0.444 e. The van der Waals surface area contributed by atoms with Crippen molar-refractivity contribution in [2.45, 2.75) is 105 Å². The van der Waals surface area contributed by atoms with Gasteiger partial charge in [0.15, 0.2) is 0 Å². The largest absolute Gasteiger partial charge is 0.444 e. The fourth-order valence-corrected chi connectivity index (χ4v) is 4.12. The summed E-state index contributed by atoms with van der Waals surface area (Å²) in [6, 6.07) is 0. The van der Waals surface area contributed by atoms with Crippen molar-refractivity contribution in [3.63, 3.8) is 0 Å². The van der Waals surface area contributed by atoms with Crippen molar-refractivity contribution in [1.29, 1.82) is 0 Å². The Balaban J connectivity index is 6.33. The smallest absolute Gasteiger partial charge is 0.437 e. The Morgan fingerprint density at radius 1 is 0.483 bits per heavy atom. The number of nitrogens with zero attached hydrogens (tertiary/aromatic N) is 5. The number of terminal acetylenes is 1. The monoisotopic (exact) mass is 832 g/mol. The van der Waals surface area contributed by atoms with Crippen molar-refractivity contribution in [3.05, 3.63) is 0 Å². The lowest BCUT2D eigenvalue weighted by atomic mass is 10.2. The number of hydrogen-bond acceptors (Lipinski definition) is 13. The van der Waals surface area contributed by atoms with Gasteiger partial charge in [0.1, 0.15) is 29.0 Å². The van der Waals surface area contributed by atoms with Crippen molar-refractivity contribution in [3.8, 4) is 12.3 Å². The van der Waals surface area contributed by atoms with E-state index in [0.717, 1.165) is 0 Å². The summed E-state index contributed by atoms with van der Waals surface area (Å²) in [5.74, 6) is 2.30. The van der Waals surface area contributed by atoms with Crippen molar-refractivity contribution < 1.29 is 61.8 Å². The Morgan fingerprint density at radius 3 is 1.24 bits per heavy atom. The van der Waals surface area contributed by atoms with Crippen LogP contribution in [-0.2, 0) is 42.6 Å². The van der Waals surface area contributed by atoms with E-state index in [-0.39, 0.29) is 91.5 Å². The van der Waals surface area contributed by atoms with Crippen molar-refractivity contribution in [2.75, 3.05) is 113 Å². The summed E-state index contributed by atoms with van der Waals surface area (Å²) in [6.45, 7) is 23.5. The average Bonchev–Trinajstić information content (AvgIpc) is 3.05. The van der Waals surface area contributed by atoms with Crippen LogP contribution in [0, 0.1) is 12.3 Å². The number of aliphatic imine (C=N–C) groups is 1. The first-order valence-electron chi connectivity index (χ1n) is 19.5. The highest BCUT2D eigenvalue weighted by molar-refractivity contribution is 5.99. The third kappa shape index (κ3) is 29.3. The molecule has 0 aliphatic heterocycles. The van der Waals surface area contributed by atoms with Crippen LogP contribution < -0.4 is 0 Å². The second-order valence-electron chi connectivity index (χ2n) is 17.0. The topological polar surface area (TPSA) is 177 Å². The van der Waals surface area contributed by atoms with Crippen LogP contribution >= 0.6 is 0 Å². The number of rotatable bonds is 22. The highest BCUT2D eigenvalue weighted by atomic mass is 16.6. The van der Waals surface area contributed by atoms with Crippen LogP contribution in [0.15, 0.2) is 4.99 Å². The first-order chi connectivity index (χ1) is 26.7. The van der Waals surface area contributed by atoms with E-state index < -0.39 is 46.8 Å². The molecular formula is C40H73N5O13. The Labute approximate surface area is 347 Å². The van der Waals surface area contributed by atoms with E-state index in [1.165, 1.54) is 14.7 Å². The van der Waals surface area contributed by atoms with Gasteiger partial charge < -0.3 is 57.3 Å². The molecule has 0 aliphatic carbocycles. The van der Waals surface area contributed by atoms with Crippen molar-refractivity contribution >= 4 is 30.3 Å². The van der Waals surface area contributed by atoms with Crippen LogP contribution in [-0.4, -0.2) is 185 Å². The molecular weight excluding hydrogens is 758 g/mol. The molecule has 58 heavy (non-hydrogen) atoms. The first kappa shape index (κ1) is 54.1. The number of carbonyl (C=O) groups excluding carboxylic acids is 4. The predicted octanol–water partition coefficient (Wildman–Crippen LogP) is 5.27. The zero-order chi connectivity index (χ0) is 44.6. The fourth-order valence-electron chi connectivity index (χ4n) is 4.12. The molecule has 18 nitrogen and oxygen atoms in total. The number of amides is 4. The van der Waals surface area contributed by atoms with Crippen molar-refractivity contribution in [1.82, 2.24) is 19.6 Å². The fraction of sp³-hybridized carbons (Fsp3) is 0.825. The van der Waals surface area contributed by atoms with Gasteiger partial charge in [0.05, 0.1) is 66.0 Å². The summed E-state index contributed by atoms with van der Waals surface area (Å²) < 4.78 is 50.5. The normalized spacial score (nSPS) is 12.3. The van der Waals surface area contributed by atoms with E-state index in [2.05, 4.69) is 10.9 Å². The molecule has 0 radical (unpaired) electrons. The Kier molecular flexibility index (Phi) is 25.2. The van der Waals surface area contributed by atoms with E-state index in [9.17, 15) is 19.2 Å². The van der Waals surface area contributed by atoms with Crippen molar-refractivity contribution in [2.24, 2.45) is 4.99 Å². The molecule has 0 aromatic heterocycles. The number of guanidine groups is 1. The van der Waals surface area contributed by atoms with Gasteiger partial charge in [0, 0.05) is 40.3 Å². The minimum atomic E-state index is -0.942. The molecule has 0 saturated carbocycles. The zero-order valence-corrected chi connectivity index (χ0v) is 37.7. The quantitative estimate of drug-likeness (QED) is 0.0454. The molecule has 0 aromatic rings. The number of likely N-dealkylation sites (N-methyl/N-ethyl adjacent to an activating group) is 2. The van der Waals surface area contributed by atoms with Crippen LogP contribution in [0.1, 0.15) is 83.1 Å². The molecule has 0 unspecified atom stereocenters. The molecule has 336 valence electrons. The summed E-state index contributed by atoms with van der Waals surface area (Å²) in [5, 5.41) is 0. The van der Waals surface area contributed by atoms with Crippen LogP contribution in [0.2, 0.25) is 0 Å². The van der Waals surface area contributed by atoms with E-state index >= 15 is 0 Å². The Bertz CT molecular complexity index is 1250. The summed E-state index contributed by atoms with van der Waals surface area (Å²) in [6.07, 6.45) is 2.47. The number of carbonyl (C=O) groups is 4. The molecule has 0 N–H and O–H groups in total. The molecule has 18 heteroatoms. The second kappa shape index (κ2) is 27.0. The Morgan fingerprint density at radius 2 is 0.828 bits per heavy atom. The van der Waals surface area contributed by atoms with Gasteiger partial charge in [0.25, 0.3) is 0 Å². The molecule has 0 fully saturated rings. The maximum Gasteiger partial charge on any atom is 0.437 e. The average molecular weight is 832 g/mol. The lowest BCUT2D eigenvalue weighted by Crippen LogP contribution is -2.52. The molecule has 0 aromatic carbocycles. The minimum absolute atomic E-state index is 0.0262. The first-order valence-corrected chi connectivity index (χ1v) is 19.5. The lowest BCUT2D eigenvalue weighted by Gasteiger charge is -2.34. The second-order valence-corrected chi connectivity index (χ2v) is 17.0. The highest BCUT2D eigenvalue weighted by Crippen LogP contribution is 2.15. The van der Waals surface area contributed by atoms with Gasteiger partial charge in [-0.3, -0.25) is 0 Å². The van der Waals surface area contributed by atoms with Crippen LogP contribution in [0.25, 0.3) is 0 Å². The summed E-state index contributed by atoms with van der Waals surface area (Å²) in [7, 11) is 3.21. The SMILES string of the molecule is C#CCOCCOCCOCCN(C(=O)OC(C)(C)C)/C(=N/C(=O)OC(C)(C)C)N(CCOCCN(C)C(=O)OC(C)(C)C)CCOCCN(C)C(=O)OC(C)(C)C. The van der Waals surface area contributed by atoms with Crippen LogP contribution in [0.4, 0.5) is 19.2 Å². The van der Waals surface area contributed by atoms with E-state index in [1.807, 2.05) is 0 Å². The van der Waals surface area contributed by atoms with Gasteiger partial charge >= 0.3 is 24.4 Å². The predicted molar refractivity (Wildman–Crippen MR) is 219 cm³/mol. The molecule has 0 saturated heterocycles. The van der Waals surface area contributed by atoms with Gasteiger partial charge in [-0.1, -0.05) is 5.92 Å². The lowest BCUT2D eigenvalue weighted by molar-refractivity contribution is 0.0101. The molecule has 0 bridgehead atoms. The van der Waals surface area contributed by atoms with E-state index in [4.69, 9.17) is 49.1 Å². The van der Waals surface area contributed by atoms with Gasteiger partial charge in [-0.15, -0.1) is 11.4 Å². The maximum atomic E-state index is 13.9. The van der Waals surface area contributed by atoms with Gasteiger partial charge in [-0.2, -0.15) is 0 Å². The third-order valence-corrected chi connectivity index (χ3v) is 6.68. The number of hydrogen-bond donors (Lipinski definition) is 0.